The molecule has 160 valence electrons. The van der Waals surface area contributed by atoms with Crippen LogP contribution in [0.15, 0.2) is 48.5 Å². The van der Waals surface area contributed by atoms with Gasteiger partial charge in [0.1, 0.15) is 0 Å². The maximum Gasteiger partial charge on any atom is 0.344 e. The SMILES string of the molecule is C/C=C/c1ccc(OCC(=O)OCC(=O)Nc2ccc(C(C)CC)cc2)c(OC)c1. The molecule has 0 spiro atoms. The third kappa shape index (κ3) is 6.95. The summed E-state index contributed by atoms with van der Waals surface area (Å²) < 4.78 is 15.7. The number of esters is 1. The van der Waals surface area contributed by atoms with Crippen LogP contribution in [-0.4, -0.2) is 32.2 Å². The number of hydrogen-bond donors (Lipinski definition) is 1. The van der Waals surface area contributed by atoms with Gasteiger partial charge < -0.3 is 19.5 Å². The summed E-state index contributed by atoms with van der Waals surface area (Å²) in [6.45, 7) is 5.50. The topological polar surface area (TPSA) is 73.9 Å². The van der Waals surface area contributed by atoms with E-state index >= 15 is 0 Å². The van der Waals surface area contributed by atoms with Gasteiger partial charge in [0, 0.05) is 5.69 Å². The van der Waals surface area contributed by atoms with Crippen molar-refractivity contribution in [3.8, 4) is 11.5 Å². The smallest absolute Gasteiger partial charge is 0.344 e. The molecule has 0 heterocycles. The summed E-state index contributed by atoms with van der Waals surface area (Å²) in [5.41, 5.74) is 2.83. The van der Waals surface area contributed by atoms with E-state index in [1.807, 2.05) is 49.4 Å². The third-order valence-corrected chi connectivity index (χ3v) is 4.63. The number of nitrogens with one attached hydrogen (secondary N) is 1. The van der Waals surface area contributed by atoms with E-state index < -0.39 is 11.9 Å². The molecule has 0 aliphatic rings. The minimum Gasteiger partial charge on any atom is -0.493 e. The number of carbonyl (C=O) groups is 2. The van der Waals surface area contributed by atoms with Gasteiger partial charge in [-0.3, -0.25) is 4.79 Å². The first kappa shape index (κ1) is 23.0. The Morgan fingerprint density at radius 1 is 1.07 bits per heavy atom. The Morgan fingerprint density at radius 3 is 2.43 bits per heavy atom. The molecule has 1 amide bonds. The molecule has 0 aliphatic carbocycles. The molecule has 0 radical (unpaired) electrons. The molecule has 6 nitrogen and oxygen atoms in total. The second kappa shape index (κ2) is 11.7. The standard InChI is InChI=1S/C24H29NO5/c1-5-7-18-8-13-21(22(14-18)28-4)29-16-24(27)30-15-23(26)25-20-11-9-19(10-12-20)17(3)6-2/h5,7-14,17H,6,15-16H2,1-4H3,(H,25,26)/b7-5+. The lowest BCUT2D eigenvalue weighted by Crippen LogP contribution is -2.23. The number of ether oxygens (including phenoxy) is 3. The van der Waals surface area contributed by atoms with Gasteiger partial charge in [-0.05, 0) is 54.7 Å². The Bertz CT molecular complexity index is 874. The predicted molar refractivity (Wildman–Crippen MR) is 118 cm³/mol. The van der Waals surface area contributed by atoms with Gasteiger partial charge in [0.15, 0.2) is 24.7 Å². The first-order valence-corrected chi connectivity index (χ1v) is 9.95. The van der Waals surface area contributed by atoms with Crippen molar-refractivity contribution in [3.05, 3.63) is 59.7 Å². The Hall–Kier alpha value is -3.28. The molecular weight excluding hydrogens is 382 g/mol. The lowest BCUT2D eigenvalue weighted by molar-refractivity contribution is -0.149. The summed E-state index contributed by atoms with van der Waals surface area (Å²) in [5.74, 6) is 0.351. The average Bonchev–Trinajstić information content (AvgIpc) is 2.76. The van der Waals surface area contributed by atoms with E-state index in [0.29, 0.717) is 23.1 Å². The Labute approximate surface area is 177 Å². The van der Waals surface area contributed by atoms with Gasteiger partial charge in [0.2, 0.25) is 0 Å². The van der Waals surface area contributed by atoms with Gasteiger partial charge in [-0.25, -0.2) is 4.79 Å². The highest BCUT2D eigenvalue weighted by atomic mass is 16.6. The fraction of sp³-hybridized carbons (Fsp3) is 0.333. The van der Waals surface area contributed by atoms with Gasteiger partial charge >= 0.3 is 5.97 Å². The second-order valence-electron chi connectivity index (χ2n) is 6.84. The van der Waals surface area contributed by atoms with Crippen molar-refractivity contribution in [1.82, 2.24) is 0 Å². The number of anilines is 1. The fourth-order valence-corrected chi connectivity index (χ4v) is 2.75. The van der Waals surface area contributed by atoms with Crippen LogP contribution in [0, 0.1) is 0 Å². The van der Waals surface area contributed by atoms with E-state index in [1.165, 1.54) is 12.7 Å². The predicted octanol–water partition coefficient (Wildman–Crippen LogP) is 4.80. The summed E-state index contributed by atoms with van der Waals surface area (Å²) in [5, 5.41) is 2.71. The second-order valence-corrected chi connectivity index (χ2v) is 6.84. The zero-order valence-corrected chi connectivity index (χ0v) is 17.9. The number of hydrogen-bond acceptors (Lipinski definition) is 5. The van der Waals surface area contributed by atoms with E-state index in [-0.39, 0.29) is 13.2 Å². The maximum atomic E-state index is 12.0. The van der Waals surface area contributed by atoms with E-state index in [0.717, 1.165) is 12.0 Å². The van der Waals surface area contributed by atoms with Crippen molar-refractivity contribution in [1.29, 1.82) is 0 Å². The summed E-state index contributed by atoms with van der Waals surface area (Å²) in [7, 11) is 1.53. The number of allylic oxidation sites excluding steroid dienone is 1. The summed E-state index contributed by atoms with van der Waals surface area (Å²) in [6.07, 6.45) is 4.89. The summed E-state index contributed by atoms with van der Waals surface area (Å²) in [6, 6.07) is 13.0. The normalized spacial score (nSPS) is 11.7. The molecule has 0 bridgehead atoms. The van der Waals surface area contributed by atoms with Crippen molar-refractivity contribution < 1.29 is 23.8 Å². The number of methoxy groups -OCH3 is 1. The highest BCUT2D eigenvalue weighted by Crippen LogP contribution is 2.28. The van der Waals surface area contributed by atoms with Crippen molar-refractivity contribution in [3.63, 3.8) is 0 Å². The number of benzene rings is 2. The van der Waals surface area contributed by atoms with Crippen LogP contribution in [-0.2, 0) is 14.3 Å². The molecule has 1 N–H and O–H groups in total. The Kier molecular flexibility index (Phi) is 8.94. The fourth-order valence-electron chi connectivity index (χ4n) is 2.75. The van der Waals surface area contributed by atoms with Crippen molar-refractivity contribution in [2.75, 3.05) is 25.6 Å². The average molecular weight is 411 g/mol. The molecular formula is C24H29NO5. The third-order valence-electron chi connectivity index (χ3n) is 4.63. The highest BCUT2D eigenvalue weighted by Gasteiger charge is 2.12. The van der Waals surface area contributed by atoms with Crippen LogP contribution >= 0.6 is 0 Å². The van der Waals surface area contributed by atoms with E-state index in [4.69, 9.17) is 14.2 Å². The molecule has 2 aromatic rings. The molecule has 6 heteroatoms. The molecule has 0 aliphatic heterocycles. The Balaban J connectivity index is 1.79. The van der Waals surface area contributed by atoms with E-state index in [2.05, 4.69) is 19.2 Å². The molecule has 2 rings (SSSR count). The zero-order chi connectivity index (χ0) is 21.9. The minimum absolute atomic E-state index is 0.323. The molecule has 0 saturated heterocycles. The maximum absolute atomic E-state index is 12.0. The van der Waals surface area contributed by atoms with Crippen LogP contribution in [0.5, 0.6) is 11.5 Å². The molecule has 1 unspecified atom stereocenters. The largest absolute Gasteiger partial charge is 0.493 e. The van der Waals surface area contributed by atoms with Crippen LogP contribution in [0.3, 0.4) is 0 Å². The van der Waals surface area contributed by atoms with E-state index in [9.17, 15) is 9.59 Å². The first-order valence-electron chi connectivity index (χ1n) is 9.95. The number of carbonyl (C=O) groups excluding carboxylic acids is 2. The summed E-state index contributed by atoms with van der Waals surface area (Å²) >= 11 is 0. The van der Waals surface area contributed by atoms with Crippen LogP contribution in [0.25, 0.3) is 6.08 Å². The highest BCUT2D eigenvalue weighted by molar-refractivity contribution is 5.92. The molecule has 0 aromatic heterocycles. The minimum atomic E-state index is -0.642. The molecule has 1 atom stereocenters. The van der Waals surface area contributed by atoms with Crippen LogP contribution < -0.4 is 14.8 Å². The quantitative estimate of drug-likeness (QED) is 0.569. The molecule has 0 saturated carbocycles. The van der Waals surface area contributed by atoms with Gasteiger partial charge in [0.25, 0.3) is 5.91 Å². The summed E-state index contributed by atoms with van der Waals surface area (Å²) in [4.78, 5) is 23.9. The van der Waals surface area contributed by atoms with Gasteiger partial charge in [-0.1, -0.05) is 44.2 Å². The van der Waals surface area contributed by atoms with Crippen molar-refractivity contribution in [2.45, 2.75) is 33.1 Å². The number of rotatable bonds is 10. The van der Waals surface area contributed by atoms with Crippen LogP contribution in [0.2, 0.25) is 0 Å². The molecule has 30 heavy (non-hydrogen) atoms. The lowest BCUT2D eigenvalue weighted by Gasteiger charge is -2.12. The van der Waals surface area contributed by atoms with Gasteiger partial charge in [-0.15, -0.1) is 0 Å². The lowest BCUT2D eigenvalue weighted by atomic mass is 9.99. The van der Waals surface area contributed by atoms with Gasteiger partial charge in [0.05, 0.1) is 7.11 Å². The zero-order valence-electron chi connectivity index (χ0n) is 17.9. The molecule has 2 aromatic carbocycles. The van der Waals surface area contributed by atoms with Crippen LogP contribution in [0.1, 0.15) is 44.2 Å². The van der Waals surface area contributed by atoms with E-state index in [1.54, 1.807) is 12.1 Å². The van der Waals surface area contributed by atoms with Crippen LogP contribution in [0.4, 0.5) is 5.69 Å². The van der Waals surface area contributed by atoms with Crippen molar-refractivity contribution >= 4 is 23.6 Å². The van der Waals surface area contributed by atoms with Gasteiger partial charge in [-0.2, -0.15) is 0 Å². The molecule has 0 fully saturated rings. The Morgan fingerprint density at radius 2 is 1.80 bits per heavy atom. The van der Waals surface area contributed by atoms with Crippen molar-refractivity contribution in [2.24, 2.45) is 0 Å². The number of amides is 1. The first-order chi connectivity index (χ1) is 14.5. The monoisotopic (exact) mass is 411 g/mol.